The number of H-pyrrole nitrogens is 1. The molecule has 0 unspecified atom stereocenters. The second-order valence-corrected chi connectivity index (χ2v) is 7.91. The zero-order chi connectivity index (χ0) is 19.6. The molecule has 4 heteroatoms. The quantitative estimate of drug-likeness (QED) is 0.785. The summed E-state index contributed by atoms with van der Waals surface area (Å²) in [7, 11) is 0. The summed E-state index contributed by atoms with van der Waals surface area (Å²) in [5.74, 6) is 0.577. The number of rotatable bonds is 5. The molecule has 1 aliphatic heterocycles. The third kappa shape index (κ3) is 4.15. The molecule has 0 bridgehead atoms. The highest BCUT2D eigenvalue weighted by Gasteiger charge is 2.28. The van der Waals surface area contributed by atoms with Gasteiger partial charge in [-0.25, -0.2) is 0 Å². The Bertz CT molecular complexity index is 850. The summed E-state index contributed by atoms with van der Waals surface area (Å²) < 4.78 is 0. The lowest BCUT2D eigenvalue weighted by Gasteiger charge is -2.33. The van der Waals surface area contributed by atoms with Crippen LogP contribution in [-0.4, -0.2) is 34.7 Å². The van der Waals surface area contributed by atoms with Crippen LogP contribution >= 0.6 is 0 Å². The second-order valence-electron chi connectivity index (χ2n) is 7.91. The minimum Gasteiger partial charge on any atom is -0.355 e. The molecule has 1 aromatic heterocycles. The van der Waals surface area contributed by atoms with E-state index in [1.165, 1.54) is 24.5 Å². The van der Waals surface area contributed by atoms with E-state index in [1.807, 2.05) is 18.7 Å². The number of aryl methyl sites for hydroxylation is 3. The number of hydrogen-bond donors (Lipinski definition) is 1. The smallest absolute Gasteiger partial charge is 0.255 e. The number of ketones is 1. The van der Waals surface area contributed by atoms with Crippen molar-refractivity contribution in [2.75, 3.05) is 13.1 Å². The largest absolute Gasteiger partial charge is 0.355 e. The first-order chi connectivity index (χ1) is 12.9. The Hall–Kier alpha value is -2.36. The number of hydrogen-bond acceptors (Lipinski definition) is 2. The van der Waals surface area contributed by atoms with Crippen LogP contribution in [-0.2, 0) is 6.42 Å². The van der Waals surface area contributed by atoms with E-state index >= 15 is 0 Å². The van der Waals surface area contributed by atoms with Crippen LogP contribution in [0.5, 0.6) is 0 Å². The third-order valence-electron chi connectivity index (χ3n) is 5.89. The van der Waals surface area contributed by atoms with E-state index in [0.717, 1.165) is 43.6 Å². The standard InChI is InChI=1S/C23H30N2O2/c1-15-8-5-6-10-20(15)12-11-19-9-7-13-25(14-19)23(27)21-16(2)22(18(4)26)24-17(21)3/h5-6,8,10,19,24H,7,9,11-14H2,1-4H3/t19-/m1/s1. The lowest BCUT2D eigenvalue weighted by molar-refractivity contribution is 0.0667. The maximum absolute atomic E-state index is 13.1. The first kappa shape index (κ1) is 19.4. The Morgan fingerprint density at radius 2 is 1.93 bits per heavy atom. The van der Waals surface area contributed by atoms with Crippen LogP contribution in [0.2, 0.25) is 0 Å². The molecule has 2 heterocycles. The van der Waals surface area contributed by atoms with Gasteiger partial charge in [-0.1, -0.05) is 24.3 Å². The van der Waals surface area contributed by atoms with Gasteiger partial charge in [0.15, 0.2) is 5.78 Å². The van der Waals surface area contributed by atoms with Gasteiger partial charge in [-0.15, -0.1) is 0 Å². The number of nitrogens with one attached hydrogen (secondary N) is 1. The number of carbonyl (C=O) groups is 2. The highest BCUT2D eigenvalue weighted by molar-refractivity contribution is 6.02. The molecule has 1 N–H and O–H groups in total. The molecule has 1 saturated heterocycles. The van der Waals surface area contributed by atoms with E-state index in [2.05, 4.69) is 36.2 Å². The van der Waals surface area contributed by atoms with Crippen LogP contribution in [0.1, 0.15) is 69.4 Å². The molecular formula is C23H30N2O2. The van der Waals surface area contributed by atoms with Crippen molar-refractivity contribution in [3.63, 3.8) is 0 Å². The molecule has 1 fully saturated rings. The van der Waals surface area contributed by atoms with Gasteiger partial charge < -0.3 is 9.88 Å². The van der Waals surface area contributed by atoms with E-state index in [4.69, 9.17) is 0 Å². The lowest BCUT2D eigenvalue weighted by atomic mass is 9.90. The highest BCUT2D eigenvalue weighted by Crippen LogP contribution is 2.26. The molecule has 4 nitrogen and oxygen atoms in total. The molecule has 1 aliphatic rings. The van der Waals surface area contributed by atoms with E-state index in [1.54, 1.807) is 0 Å². The summed E-state index contributed by atoms with van der Waals surface area (Å²) in [5, 5.41) is 0. The lowest BCUT2D eigenvalue weighted by Crippen LogP contribution is -2.40. The molecule has 27 heavy (non-hydrogen) atoms. The minimum absolute atomic E-state index is 0.0237. The van der Waals surface area contributed by atoms with Gasteiger partial charge in [-0.3, -0.25) is 9.59 Å². The topological polar surface area (TPSA) is 53.2 Å². The fourth-order valence-electron chi connectivity index (χ4n) is 4.32. The molecular weight excluding hydrogens is 336 g/mol. The Balaban J connectivity index is 1.68. The Morgan fingerprint density at radius 3 is 2.59 bits per heavy atom. The van der Waals surface area contributed by atoms with Crippen molar-refractivity contribution in [3.05, 3.63) is 57.9 Å². The van der Waals surface area contributed by atoms with Gasteiger partial charge in [0.25, 0.3) is 5.91 Å². The summed E-state index contributed by atoms with van der Waals surface area (Å²) in [4.78, 5) is 30.0. The molecule has 1 aromatic carbocycles. The number of amides is 1. The van der Waals surface area contributed by atoms with Crippen LogP contribution in [0.3, 0.4) is 0 Å². The van der Waals surface area contributed by atoms with E-state index in [0.29, 0.717) is 17.2 Å². The maximum atomic E-state index is 13.1. The number of aromatic amines is 1. The average molecular weight is 367 g/mol. The second kappa shape index (κ2) is 8.12. The molecule has 3 rings (SSSR count). The van der Waals surface area contributed by atoms with Crippen molar-refractivity contribution >= 4 is 11.7 Å². The number of aromatic nitrogens is 1. The van der Waals surface area contributed by atoms with Gasteiger partial charge in [0.05, 0.1) is 11.3 Å². The summed E-state index contributed by atoms with van der Waals surface area (Å²) in [5.41, 5.74) is 5.57. The summed E-state index contributed by atoms with van der Waals surface area (Å²) in [6, 6.07) is 8.55. The van der Waals surface area contributed by atoms with Crippen LogP contribution in [0, 0.1) is 26.7 Å². The van der Waals surface area contributed by atoms with Crippen LogP contribution < -0.4 is 0 Å². The minimum atomic E-state index is -0.0237. The fourth-order valence-corrected chi connectivity index (χ4v) is 4.32. The molecule has 0 radical (unpaired) electrons. The normalized spacial score (nSPS) is 17.2. The molecule has 0 spiro atoms. The first-order valence-electron chi connectivity index (χ1n) is 9.92. The average Bonchev–Trinajstić information content (AvgIpc) is 2.95. The summed E-state index contributed by atoms with van der Waals surface area (Å²) in [6.07, 6.45) is 4.40. The molecule has 144 valence electrons. The van der Waals surface area contributed by atoms with Gasteiger partial charge >= 0.3 is 0 Å². The summed E-state index contributed by atoms with van der Waals surface area (Å²) >= 11 is 0. The van der Waals surface area contributed by atoms with Crippen LogP contribution in [0.4, 0.5) is 0 Å². The van der Waals surface area contributed by atoms with Gasteiger partial charge in [0.2, 0.25) is 0 Å². The van der Waals surface area contributed by atoms with Crippen molar-refractivity contribution in [3.8, 4) is 0 Å². The highest BCUT2D eigenvalue weighted by atomic mass is 16.2. The Labute approximate surface area is 162 Å². The van der Waals surface area contributed by atoms with Crippen molar-refractivity contribution in [1.82, 2.24) is 9.88 Å². The van der Waals surface area contributed by atoms with Gasteiger partial charge in [0, 0.05) is 25.7 Å². The molecule has 2 aromatic rings. The molecule has 0 aliphatic carbocycles. The first-order valence-corrected chi connectivity index (χ1v) is 9.92. The Kier molecular flexibility index (Phi) is 5.83. The maximum Gasteiger partial charge on any atom is 0.255 e. The van der Waals surface area contributed by atoms with Crippen LogP contribution in [0.25, 0.3) is 0 Å². The van der Waals surface area contributed by atoms with E-state index < -0.39 is 0 Å². The Morgan fingerprint density at radius 1 is 1.19 bits per heavy atom. The zero-order valence-corrected chi connectivity index (χ0v) is 16.9. The van der Waals surface area contributed by atoms with Crippen molar-refractivity contribution in [2.45, 2.75) is 53.4 Å². The predicted molar refractivity (Wildman–Crippen MR) is 108 cm³/mol. The number of Topliss-reactive ketones (excluding diaryl/α,β-unsaturated/α-hetero) is 1. The fraction of sp³-hybridized carbons (Fsp3) is 0.478. The molecule has 1 amide bonds. The number of carbonyl (C=O) groups excluding carboxylic acids is 2. The van der Waals surface area contributed by atoms with Gasteiger partial charge in [-0.2, -0.15) is 0 Å². The molecule has 0 saturated carbocycles. The predicted octanol–water partition coefficient (Wildman–Crippen LogP) is 4.63. The van der Waals surface area contributed by atoms with Crippen LogP contribution in [0.15, 0.2) is 24.3 Å². The SMILES string of the molecule is CC(=O)c1[nH]c(C)c(C(=O)N2CCC[C@H](CCc3ccccc3C)C2)c1C. The number of benzene rings is 1. The van der Waals surface area contributed by atoms with Gasteiger partial charge in [-0.05, 0) is 69.1 Å². The summed E-state index contributed by atoms with van der Waals surface area (Å²) in [6.45, 7) is 9.06. The zero-order valence-electron chi connectivity index (χ0n) is 16.9. The van der Waals surface area contributed by atoms with Crippen molar-refractivity contribution < 1.29 is 9.59 Å². The van der Waals surface area contributed by atoms with Gasteiger partial charge in [0.1, 0.15) is 0 Å². The van der Waals surface area contributed by atoms with Crippen molar-refractivity contribution in [2.24, 2.45) is 5.92 Å². The monoisotopic (exact) mass is 366 g/mol. The number of nitrogens with zero attached hydrogens (tertiary/aromatic N) is 1. The van der Waals surface area contributed by atoms with E-state index in [-0.39, 0.29) is 11.7 Å². The van der Waals surface area contributed by atoms with E-state index in [9.17, 15) is 9.59 Å². The van der Waals surface area contributed by atoms with Crippen molar-refractivity contribution in [1.29, 1.82) is 0 Å². The number of piperidine rings is 1. The third-order valence-corrected chi connectivity index (χ3v) is 5.89. The molecule has 1 atom stereocenters. The number of likely N-dealkylation sites (tertiary alicyclic amines) is 1.